The van der Waals surface area contributed by atoms with E-state index in [1.165, 1.54) is 25.1 Å². The van der Waals surface area contributed by atoms with Crippen molar-refractivity contribution in [2.75, 3.05) is 18.4 Å². The van der Waals surface area contributed by atoms with Crippen LogP contribution in [0.25, 0.3) is 0 Å². The molecule has 1 aliphatic heterocycles. The number of imide groups is 1. The third-order valence-corrected chi connectivity index (χ3v) is 4.99. The SMILES string of the molecule is CCNC(=O)c1cccc(NC(=O)CN2C(=O)NC(C)(c3ccc(OC(F)(F)F)cc3)C2=O)c1. The van der Waals surface area contributed by atoms with E-state index in [1.54, 1.807) is 25.1 Å². The molecule has 0 bridgehead atoms. The van der Waals surface area contributed by atoms with Crippen LogP contribution in [0.1, 0.15) is 29.8 Å². The molecule has 5 amide bonds. The third-order valence-electron chi connectivity index (χ3n) is 4.99. The van der Waals surface area contributed by atoms with Crippen LogP contribution in [0, 0.1) is 0 Å². The normalized spacial score (nSPS) is 17.9. The fourth-order valence-electron chi connectivity index (χ4n) is 3.37. The van der Waals surface area contributed by atoms with Crippen molar-refractivity contribution < 1.29 is 37.1 Å². The van der Waals surface area contributed by atoms with Crippen molar-refractivity contribution in [3.8, 4) is 5.75 Å². The summed E-state index contributed by atoms with van der Waals surface area (Å²) in [6.07, 6.45) is -4.87. The Balaban J connectivity index is 1.69. The molecule has 2 aromatic carbocycles. The molecule has 1 aliphatic rings. The fraction of sp³-hybridized carbons (Fsp3) is 0.273. The molecule has 180 valence electrons. The Bertz CT molecular complexity index is 1120. The van der Waals surface area contributed by atoms with Gasteiger partial charge in [-0.25, -0.2) is 4.79 Å². The van der Waals surface area contributed by atoms with Crippen LogP contribution in [-0.4, -0.2) is 48.1 Å². The lowest BCUT2D eigenvalue weighted by Crippen LogP contribution is -2.42. The molecule has 9 nitrogen and oxygen atoms in total. The summed E-state index contributed by atoms with van der Waals surface area (Å²) >= 11 is 0. The molecule has 1 fully saturated rings. The van der Waals surface area contributed by atoms with E-state index in [-0.39, 0.29) is 11.5 Å². The Hall–Kier alpha value is -4.09. The molecule has 12 heteroatoms. The van der Waals surface area contributed by atoms with E-state index in [1.807, 2.05) is 0 Å². The van der Waals surface area contributed by atoms with Crippen molar-refractivity contribution >= 4 is 29.4 Å². The first-order valence-corrected chi connectivity index (χ1v) is 10.1. The van der Waals surface area contributed by atoms with Gasteiger partial charge in [0.25, 0.3) is 11.8 Å². The molecule has 0 saturated carbocycles. The van der Waals surface area contributed by atoms with Gasteiger partial charge in [-0.3, -0.25) is 19.3 Å². The highest BCUT2D eigenvalue weighted by atomic mass is 19.4. The number of carbonyl (C=O) groups excluding carboxylic acids is 4. The first-order chi connectivity index (χ1) is 15.9. The minimum absolute atomic E-state index is 0.206. The molecule has 3 N–H and O–H groups in total. The molecule has 1 saturated heterocycles. The van der Waals surface area contributed by atoms with Crippen LogP contribution in [0.3, 0.4) is 0 Å². The van der Waals surface area contributed by atoms with E-state index in [0.29, 0.717) is 22.7 Å². The van der Waals surface area contributed by atoms with E-state index in [2.05, 4.69) is 20.7 Å². The molecule has 2 aromatic rings. The third kappa shape index (κ3) is 5.45. The smallest absolute Gasteiger partial charge is 0.406 e. The van der Waals surface area contributed by atoms with Gasteiger partial charge in [0.05, 0.1) is 0 Å². The zero-order valence-corrected chi connectivity index (χ0v) is 18.2. The van der Waals surface area contributed by atoms with Crippen LogP contribution in [0.5, 0.6) is 5.75 Å². The molecule has 0 aliphatic carbocycles. The van der Waals surface area contributed by atoms with Gasteiger partial charge in [0.15, 0.2) is 0 Å². The van der Waals surface area contributed by atoms with Crippen molar-refractivity contribution in [3.05, 3.63) is 59.7 Å². The number of urea groups is 1. The van der Waals surface area contributed by atoms with Gasteiger partial charge in [0.1, 0.15) is 17.8 Å². The van der Waals surface area contributed by atoms with Gasteiger partial charge in [0, 0.05) is 17.8 Å². The Kier molecular flexibility index (Phi) is 6.80. The summed E-state index contributed by atoms with van der Waals surface area (Å²) in [6, 6.07) is 9.76. The number of hydrogen-bond acceptors (Lipinski definition) is 5. The topological polar surface area (TPSA) is 117 Å². The first-order valence-electron chi connectivity index (χ1n) is 10.1. The first kappa shape index (κ1) is 24.6. The van der Waals surface area contributed by atoms with E-state index in [0.717, 1.165) is 12.1 Å². The van der Waals surface area contributed by atoms with E-state index in [9.17, 15) is 32.3 Å². The van der Waals surface area contributed by atoms with Crippen molar-refractivity contribution in [2.24, 2.45) is 0 Å². The standard InChI is InChI=1S/C22H21F3N4O5/c1-3-26-18(31)13-5-4-6-15(11-13)27-17(30)12-29-19(32)21(2,28-20(29)33)14-7-9-16(10-8-14)34-22(23,24)25/h4-11H,3,12H2,1-2H3,(H,26,31)(H,27,30)(H,28,33). The zero-order chi connectivity index (χ0) is 25.1. The highest BCUT2D eigenvalue weighted by Crippen LogP contribution is 2.31. The van der Waals surface area contributed by atoms with Crippen molar-refractivity contribution in [1.82, 2.24) is 15.5 Å². The van der Waals surface area contributed by atoms with Crippen molar-refractivity contribution in [2.45, 2.75) is 25.7 Å². The monoisotopic (exact) mass is 478 g/mol. The number of rotatable bonds is 7. The van der Waals surface area contributed by atoms with Gasteiger partial charge in [-0.15, -0.1) is 13.2 Å². The maximum atomic E-state index is 13.0. The molecular formula is C22H21F3N4O5. The second-order valence-electron chi connectivity index (χ2n) is 7.51. The number of anilines is 1. The molecule has 0 radical (unpaired) electrons. The lowest BCUT2D eigenvalue weighted by molar-refractivity contribution is -0.274. The van der Waals surface area contributed by atoms with E-state index >= 15 is 0 Å². The molecule has 1 unspecified atom stereocenters. The van der Waals surface area contributed by atoms with Gasteiger partial charge in [0.2, 0.25) is 5.91 Å². The second kappa shape index (κ2) is 9.41. The summed E-state index contributed by atoms with van der Waals surface area (Å²) in [4.78, 5) is 50.5. The minimum atomic E-state index is -4.87. The number of hydrogen-bond donors (Lipinski definition) is 3. The van der Waals surface area contributed by atoms with E-state index < -0.39 is 42.0 Å². The lowest BCUT2D eigenvalue weighted by atomic mass is 9.92. The number of halogens is 3. The van der Waals surface area contributed by atoms with Crippen LogP contribution in [0.4, 0.5) is 23.7 Å². The Morgan fingerprint density at radius 2 is 1.79 bits per heavy atom. The predicted molar refractivity (Wildman–Crippen MR) is 114 cm³/mol. The second-order valence-corrected chi connectivity index (χ2v) is 7.51. The van der Waals surface area contributed by atoms with Crippen LogP contribution in [-0.2, 0) is 15.1 Å². The number of carbonyl (C=O) groups is 4. The molecule has 0 aromatic heterocycles. The van der Waals surface area contributed by atoms with Crippen LogP contribution >= 0.6 is 0 Å². The van der Waals surface area contributed by atoms with Gasteiger partial charge in [-0.2, -0.15) is 0 Å². The highest BCUT2D eigenvalue weighted by Gasteiger charge is 2.49. The number of amides is 5. The summed E-state index contributed by atoms with van der Waals surface area (Å²) in [5, 5.41) is 7.62. The quantitative estimate of drug-likeness (QED) is 0.529. The molecule has 0 spiro atoms. The minimum Gasteiger partial charge on any atom is -0.406 e. The van der Waals surface area contributed by atoms with Gasteiger partial charge in [-0.1, -0.05) is 18.2 Å². The Labute approximate surface area is 192 Å². The zero-order valence-electron chi connectivity index (χ0n) is 18.2. The predicted octanol–water partition coefficient (Wildman–Crippen LogP) is 2.74. The van der Waals surface area contributed by atoms with Crippen molar-refractivity contribution in [3.63, 3.8) is 0 Å². The summed E-state index contributed by atoms with van der Waals surface area (Å²) < 4.78 is 40.9. The Morgan fingerprint density at radius 3 is 2.41 bits per heavy atom. The summed E-state index contributed by atoms with van der Waals surface area (Å²) in [5.41, 5.74) is -0.770. The molecular weight excluding hydrogens is 457 g/mol. The van der Waals surface area contributed by atoms with Gasteiger partial charge >= 0.3 is 12.4 Å². The largest absolute Gasteiger partial charge is 0.573 e. The average Bonchev–Trinajstić information content (AvgIpc) is 2.97. The van der Waals surface area contributed by atoms with Crippen LogP contribution in [0.2, 0.25) is 0 Å². The summed E-state index contributed by atoms with van der Waals surface area (Å²) in [6.45, 7) is 2.96. The van der Waals surface area contributed by atoms with Gasteiger partial charge < -0.3 is 20.7 Å². The average molecular weight is 478 g/mol. The number of ether oxygens (including phenoxy) is 1. The van der Waals surface area contributed by atoms with Crippen LogP contribution < -0.4 is 20.7 Å². The van der Waals surface area contributed by atoms with Gasteiger partial charge in [-0.05, 0) is 49.7 Å². The van der Waals surface area contributed by atoms with E-state index in [4.69, 9.17) is 0 Å². The molecule has 1 atom stereocenters. The molecule has 34 heavy (non-hydrogen) atoms. The summed E-state index contributed by atoms with van der Waals surface area (Å²) in [7, 11) is 0. The highest BCUT2D eigenvalue weighted by molar-refractivity contribution is 6.10. The lowest BCUT2D eigenvalue weighted by Gasteiger charge is -2.22. The number of nitrogens with one attached hydrogen (secondary N) is 3. The number of alkyl halides is 3. The Morgan fingerprint density at radius 1 is 1.12 bits per heavy atom. The molecule has 3 rings (SSSR count). The number of benzene rings is 2. The fourth-order valence-corrected chi connectivity index (χ4v) is 3.37. The maximum Gasteiger partial charge on any atom is 0.573 e. The number of nitrogens with zero attached hydrogens (tertiary/aromatic N) is 1. The molecule has 1 heterocycles. The van der Waals surface area contributed by atoms with Crippen LogP contribution in [0.15, 0.2) is 48.5 Å². The van der Waals surface area contributed by atoms with Crippen molar-refractivity contribution in [1.29, 1.82) is 0 Å². The summed E-state index contributed by atoms with van der Waals surface area (Å²) in [5.74, 6) is -2.25. The maximum absolute atomic E-state index is 13.0.